The van der Waals surface area contributed by atoms with E-state index in [0.717, 1.165) is 11.1 Å². The van der Waals surface area contributed by atoms with E-state index < -0.39 is 0 Å². The Hall–Kier alpha value is -0.391. The van der Waals surface area contributed by atoms with Gasteiger partial charge in [0.25, 0.3) is 0 Å². The molecule has 2 aromatic carbocycles. The standard InChI is InChI=1S/C12H8.B.Y/c1-3-7-11(8-4-1)12-9-5-2-6-10-12;;/h1-7,9H;;/q-2;;. The van der Waals surface area contributed by atoms with Gasteiger partial charge in [-0.1, -0.05) is 0 Å². The van der Waals surface area contributed by atoms with E-state index in [1.165, 1.54) is 0 Å². The Bertz CT molecular complexity index is 308. The van der Waals surface area contributed by atoms with Gasteiger partial charge in [-0.3, -0.25) is 0 Å². The molecule has 64 valence electrons. The van der Waals surface area contributed by atoms with Gasteiger partial charge in [-0.25, -0.2) is 11.1 Å². The van der Waals surface area contributed by atoms with Crippen LogP contribution < -0.4 is 0 Å². The van der Waals surface area contributed by atoms with E-state index in [9.17, 15) is 0 Å². The summed E-state index contributed by atoms with van der Waals surface area (Å²) in [5.41, 5.74) is 2.19. The van der Waals surface area contributed by atoms with Crippen molar-refractivity contribution in [3.8, 4) is 11.1 Å². The Kier molecular flexibility index (Phi) is 6.78. The molecule has 0 N–H and O–H groups in total. The Balaban J connectivity index is 0.000000845. The van der Waals surface area contributed by atoms with Gasteiger partial charge < -0.3 is 0 Å². The first-order valence-corrected chi connectivity index (χ1v) is 3.90. The van der Waals surface area contributed by atoms with Gasteiger partial charge in [-0.05, 0) is 0 Å². The van der Waals surface area contributed by atoms with Crippen molar-refractivity contribution >= 4 is 8.41 Å². The van der Waals surface area contributed by atoms with Gasteiger partial charge in [0.15, 0.2) is 0 Å². The zero-order valence-corrected chi connectivity index (χ0v) is 10.6. The summed E-state index contributed by atoms with van der Waals surface area (Å²) < 4.78 is 0. The van der Waals surface area contributed by atoms with Crippen LogP contribution in [0.4, 0.5) is 0 Å². The molecule has 2 aromatic rings. The van der Waals surface area contributed by atoms with Crippen LogP contribution in [-0.4, -0.2) is 8.41 Å². The largest absolute Gasteiger partial charge is 0.226 e. The summed E-state index contributed by atoms with van der Waals surface area (Å²) in [6.07, 6.45) is 0. The van der Waals surface area contributed by atoms with E-state index in [1.54, 1.807) is 0 Å². The van der Waals surface area contributed by atoms with E-state index >= 15 is 0 Å². The summed E-state index contributed by atoms with van der Waals surface area (Å²) in [6, 6.07) is 22.1. The second-order valence-electron chi connectivity index (χ2n) is 2.55. The van der Waals surface area contributed by atoms with Crippen LogP contribution in [-0.2, 0) is 32.7 Å². The van der Waals surface area contributed by atoms with Gasteiger partial charge in [0.05, 0.1) is 0 Å². The van der Waals surface area contributed by atoms with E-state index in [1.807, 2.05) is 48.5 Å². The molecule has 0 aliphatic heterocycles. The number of rotatable bonds is 1. The minimum Gasteiger partial charge on any atom is -0.226 e. The Morgan fingerprint density at radius 3 is 1.43 bits per heavy atom. The Labute approximate surface area is 112 Å². The Morgan fingerprint density at radius 1 is 0.714 bits per heavy atom. The quantitative estimate of drug-likeness (QED) is 0.540. The molecule has 0 amide bonds. The molecule has 0 fully saturated rings. The topological polar surface area (TPSA) is 0 Å². The zero-order valence-electron chi connectivity index (χ0n) is 7.77. The van der Waals surface area contributed by atoms with Gasteiger partial charge in [0, 0.05) is 41.1 Å². The van der Waals surface area contributed by atoms with Gasteiger partial charge in [-0.2, -0.15) is 48.5 Å². The summed E-state index contributed by atoms with van der Waals surface area (Å²) in [5.74, 6) is 0. The molecule has 14 heavy (non-hydrogen) atoms. The molecule has 0 spiro atoms. The Morgan fingerprint density at radius 2 is 1.14 bits per heavy atom. The molecule has 0 aromatic heterocycles. The van der Waals surface area contributed by atoms with E-state index in [0.29, 0.717) is 0 Å². The summed E-state index contributed by atoms with van der Waals surface area (Å²) >= 11 is 0. The molecule has 0 atom stereocenters. The summed E-state index contributed by atoms with van der Waals surface area (Å²) in [4.78, 5) is 0. The van der Waals surface area contributed by atoms with Crippen molar-refractivity contribution < 1.29 is 32.7 Å². The van der Waals surface area contributed by atoms with E-state index in [-0.39, 0.29) is 41.1 Å². The maximum atomic E-state index is 3.15. The predicted octanol–water partition coefficient (Wildman–Crippen LogP) is 2.57. The molecular weight excluding hydrogens is 244 g/mol. The molecule has 0 heterocycles. The molecule has 0 unspecified atom stereocenters. The average Bonchev–Trinajstić information content (AvgIpc) is 2.21. The molecule has 4 radical (unpaired) electrons. The number of hydrogen-bond acceptors (Lipinski definition) is 0. The SMILES string of the molecule is [B].[Y].[c-]1ccccc1-c1[c-]cccc1. The van der Waals surface area contributed by atoms with Crippen LogP contribution in [0.25, 0.3) is 11.1 Å². The summed E-state index contributed by atoms with van der Waals surface area (Å²) in [7, 11) is 0. The first kappa shape index (κ1) is 13.6. The van der Waals surface area contributed by atoms with Crippen molar-refractivity contribution in [1.29, 1.82) is 0 Å². The molecule has 0 bridgehead atoms. The van der Waals surface area contributed by atoms with Crippen LogP contribution in [0, 0.1) is 12.1 Å². The summed E-state index contributed by atoms with van der Waals surface area (Å²) in [6.45, 7) is 0. The number of benzene rings is 2. The van der Waals surface area contributed by atoms with Crippen molar-refractivity contribution in [1.82, 2.24) is 0 Å². The van der Waals surface area contributed by atoms with Crippen LogP contribution in [0.3, 0.4) is 0 Å². The smallest absolute Gasteiger partial charge is 0 e. The van der Waals surface area contributed by atoms with Crippen molar-refractivity contribution in [3.05, 3.63) is 60.7 Å². The third kappa shape index (κ3) is 3.40. The zero-order chi connectivity index (χ0) is 8.23. The predicted molar refractivity (Wildman–Crippen MR) is 55.3 cm³/mol. The van der Waals surface area contributed by atoms with Crippen LogP contribution in [0.2, 0.25) is 0 Å². The van der Waals surface area contributed by atoms with E-state index in [4.69, 9.17) is 0 Å². The number of hydrogen-bond donors (Lipinski definition) is 0. The van der Waals surface area contributed by atoms with Crippen LogP contribution in [0.5, 0.6) is 0 Å². The second kappa shape index (κ2) is 6.97. The molecule has 2 heteroatoms. The monoisotopic (exact) mass is 252 g/mol. The molecule has 0 saturated heterocycles. The third-order valence-corrected chi connectivity index (χ3v) is 1.71. The van der Waals surface area contributed by atoms with Crippen LogP contribution in [0.1, 0.15) is 0 Å². The van der Waals surface area contributed by atoms with Gasteiger partial charge >= 0.3 is 0 Å². The normalized spacial score (nSPS) is 8.29. The molecular formula is C12H8BY-2. The van der Waals surface area contributed by atoms with Crippen molar-refractivity contribution in [2.75, 3.05) is 0 Å². The minimum atomic E-state index is 0. The molecule has 0 aliphatic carbocycles. The van der Waals surface area contributed by atoms with Crippen LogP contribution in [0.15, 0.2) is 48.5 Å². The first-order chi connectivity index (χ1) is 5.97. The fraction of sp³-hybridized carbons (Fsp3) is 0. The molecule has 0 saturated carbocycles. The van der Waals surface area contributed by atoms with E-state index in [2.05, 4.69) is 12.1 Å². The molecule has 0 aliphatic rings. The third-order valence-electron chi connectivity index (χ3n) is 1.71. The summed E-state index contributed by atoms with van der Waals surface area (Å²) in [5, 5.41) is 0. The van der Waals surface area contributed by atoms with Crippen molar-refractivity contribution in [2.24, 2.45) is 0 Å². The van der Waals surface area contributed by atoms with Crippen LogP contribution >= 0.6 is 0 Å². The maximum absolute atomic E-state index is 3.15. The van der Waals surface area contributed by atoms with Gasteiger partial charge in [0.1, 0.15) is 0 Å². The van der Waals surface area contributed by atoms with Gasteiger partial charge in [-0.15, -0.1) is 12.1 Å². The van der Waals surface area contributed by atoms with Crippen molar-refractivity contribution in [2.45, 2.75) is 0 Å². The molecule has 0 nitrogen and oxygen atoms in total. The average molecular weight is 252 g/mol. The molecule has 2 rings (SSSR count). The fourth-order valence-electron chi connectivity index (χ4n) is 1.12. The van der Waals surface area contributed by atoms with Gasteiger partial charge in [0.2, 0.25) is 0 Å². The maximum Gasteiger partial charge on any atom is 0 e. The second-order valence-corrected chi connectivity index (χ2v) is 2.55. The first-order valence-electron chi connectivity index (χ1n) is 3.90. The van der Waals surface area contributed by atoms with Crippen molar-refractivity contribution in [3.63, 3.8) is 0 Å². The fourth-order valence-corrected chi connectivity index (χ4v) is 1.12. The minimum absolute atomic E-state index is 0.